The van der Waals surface area contributed by atoms with E-state index in [0.29, 0.717) is 23.7 Å². The van der Waals surface area contributed by atoms with Crippen molar-refractivity contribution in [3.63, 3.8) is 0 Å². The van der Waals surface area contributed by atoms with Gasteiger partial charge in [0.15, 0.2) is 6.10 Å². The first-order valence-corrected chi connectivity index (χ1v) is 9.90. The molecule has 3 rings (SSSR count). The second-order valence-electron chi connectivity index (χ2n) is 6.74. The maximum atomic E-state index is 12.3. The Bertz CT molecular complexity index is 834. The quantitative estimate of drug-likeness (QED) is 0.680. The van der Waals surface area contributed by atoms with Crippen molar-refractivity contribution in [2.75, 3.05) is 36.9 Å². The summed E-state index contributed by atoms with van der Waals surface area (Å²) in [5, 5.41) is 5.55. The Morgan fingerprint density at radius 2 is 1.86 bits per heavy atom. The zero-order chi connectivity index (χ0) is 20.6. The highest BCUT2D eigenvalue weighted by atomic mass is 16.5. The lowest BCUT2D eigenvalue weighted by Crippen LogP contribution is -2.39. The summed E-state index contributed by atoms with van der Waals surface area (Å²) in [6.07, 6.45) is -0.921. The Kier molecular flexibility index (Phi) is 7.08. The fraction of sp³-hybridized carbons (Fsp3) is 0.364. The van der Waals surface area contributed by atoms with Crippen LogP contribution in [0.1, 0.15) is 20.3 Å². The van der Waals surface area contributed by atoms with Gasteiger partial charge >= 0.3 is 0 Å². The number of amides is 2. The molecule has 0 fully saturated rings. The van der Waals surface area contributed by atoms with Crippen LogP contribution >= 0.6 is 0 Å². The molecule has 0 saturated heterocycles. The fourth-order valence-corrected chi connectivity index (χ4v) is 3.07. The largest absolute Gasteiger partial charge is 0.492 e. The van der Waals surface area contributed by atoms with Crippen LogP contribution in [0.3, 0.4) is 0 Å². The molecule has 1 unspecified atom stereocenters. The molecule has 7 heteroatoms. The summed E-state index contributed by atoms with van der Waals surface area (Å²) in [5.74, 6) is 0.702. The molecule has 0 bridgehead atoms. The van der Waals surface area contributed by atoms with Crippen molar-refractivity contribution in [2.45, 2.75) is 26.4 Å². The van der Waals surface area contributed by atoms with Crippen LogP contribution in [0.4, 0.5) is 11.4 Å². The van der Waals surface area contributed by atoms with Gasteiger partial charge in [0.25, 0.3) is 5.91 Å². The van der Waals surface area contributed by atoms with Crippen LogP contribution in [0.2, 0.25) is 0 Å². The number of hydrogen-bond donors (Lipinski definition) is 2. The van der Waals surface area contributed by atoms with Crippen LogP contribution in [-0.2, 0) is 9.59 Å². The van der Waals surface area contributed by atoms with E-state index in [4.69, 9.17) is 9.47 Å². The van der Waals surface area contributed by atoms with Gasteiger partial charge < -0.3 is 25.0 Å². The van der Waals surface area contributed by atoms with Gasteiger partial charge in [-0.3, -0.25) is 9.59 Å². The van der Waals surface area contributed by atoms with Crippen LogP contribution in [-0.4, -0.2) is 49.1 Å². The maximum absolute atomic E-state index is 12.3. The Labute approximate surface area is 171 Å². The Morgan fingerprint density at radius 3 is 2.59 bits per heavy atom. The lowest BCUT2D eigenvalue weighted by Gasteiger charge is -2.25. The van der Waals surface area contributed by atoms with E-state index in [2.05, 4.69) is 29.4 Å². The average molecular weight is 397 g/mol. The van der Waals surface area contributed by atoms with Gasteiger partial charge in [0, 0.05) is 12.2 Å². The van der Waals surface area contributed by atoms with E-state index in [1.54, 1.807) is 24.3 Å². The summed E-state index contributed by atoms with van der Waals surface area (Å²) < 4.78 is 11.4. The first kappa shape index (κ1) is 20.7. The van der Waals surface area contributed by atoms with Crippen molar-refractivity contribution < 1.29 is 19.1 Å². The van der Waals surface area contributed by atoms with Gasteiger partial charge in [-0.1, -0.05) is 26.0 Å². The fourth-order valence-electron chi connectivity index (χ4n) is 3.07. The van der Waals surface area contributed by atoms with Crippen LogP contribution < -0.4 is 20.1 Å². The molecule has 0 radical (unpaired) electrons. The summed E-state index contributed by atoms with van der Waals surface area (Å²) in [4.78, 5) is 26.8. The molecule has 154 valence electrons. The molecular formula is C22H27N3O4. The van der Waals surface area contributed by atoms with Crippen molar-refractivity contribution in [1.82, 2.24) is 4.90 Å². The molecule has 1 atom stereocenters. The van der Waals surface area contributed by atoms with E-state index in [0.717, 1.165) is 25.4 Å². The number of rotatable bonds is 9. The summed E-state index contributed by atoms with van der Waals surface area (Å²) >= 11 is 0. The van der Waals surface area contributed by atoms with Gasteiger partial charge in [-0.25, -0.2) is 0 Å². The monoisotopic (exact) mass is 397 g/mol. The number of hydrogen-bond acceptors (Lipinski definition) is 5. The number of para-hydroxylation sites is 2. The smallest absolute Gasteiger partial charge is 0.266 e. The number of likely N-dealkylation sites (N-methyl/N-ethyl adjacent to an activating group) is 1. The predicted octanol–water partition coefficient (Wildman–Crippen LogP) is 3.14. The summed E-state index contributed by atoms with van der Waals surface area (Å²) in [5.41, 5.74) is 1.26. The minimum absolute atomic E-state index is 0.0672. The Balaban J connectivity index is 1.48. The number of nitrogens with zero attached hydrogens (tertiary/aromatic N) is 1. The molecular weight excluding hydrogens is 370 g/mol. The van der Waals surface area contributed by atoms with Crippen LogP contribution in [0.25, 0.3) is 0 Å². The number of carbonyl (C=O) groups is 2. The highest BCUT2D eigenvalue weighted by Crippen LogP contribution is 2.29. The molecule has 0 aliphatic carbocycles. The third-order valence-corrected chi connectivity index (χ3v) is 4.79. The van der Waals surface area contributed by atoms with Crippen molar-refractivity contribution in [3.8, 4) is 11.5 Å². The van der Waals surface area contributed by atoms with Crippen LogP contribution in [0, 0.1) is 0 Å². The van der Waals surface area contributed by atoms with Gasteiger partial charge in [-0.05, 0) is 49.5 Å². The van der Waals surface area contributed by atoms with Gasteiger partial charge in [0.05, 0.1) is 12.1 Å². The number of benzene rings is 2. The average Bonchev–Trinajstić information content (AvgIpc) is 2.73. The van der Waals surface area contributed by atoms with Gasteiger partial charge in [-0.2, -0.15) is 0 Å². The zero-order valence-electron chi connectivity index (χ0n) is 16.8. The van der Waals surface area contributed by atoms with E-state index >= 15 is 0 Å². The van der Waals surface area contributed by atoms with Crippen molar-refractivity contribution >= 4 is 23.2 Å². The third-order valence-electron chi connectivity index (χ3n) is 4.79. The molecule has 1 aliphatic rings. The van der Waals surface area contributed by atoms with E-state index in [9.17, 15) is 9.59 Å². The zero-order valence-corrected chi connectivity index (χ0v) is 16.8. The van der Waals surface area contributed by atoms with Crippen molar-refractivity contribution in [3.05, 3.63) is 48.5 Å². The van der Waals surface area contributed by atoms with E-state index in [-0.39, 0.29) is 18.2 Å². The standard InChI is InChI=1S/C22H27N3O4/c1-3-25(4-2)13-14-28-17-11-9-16(10-12-17)23-21(26)15-20-22(27)24-18-7-5-6-8-19(18)29-20/h5-12,20H,3-4,13-15H2,1-2H3,(H,23,26)(H,24,27). The van der Waals surface area contributed by atoms with Crippen LogP contribution in [0.5, 0.6) is 11.5 Å². The van der Waals surface area contributed by atoms with Gasteiger partial charge in [0.2, 0.25) is 5.91 Å². The minimum Gasteiger partial charge on any atom is -0.492 e. The topological polar surface area (TPSA) is 79.9 Å². The molecule has 2 amide bonds. The molecule has 1 aliphatic heterocycles. The number of anilines is 2. The summed E-state index contributed by atoms with van der Waals surface area (Å²) in [6, 6.07) is 14.3. The number of ether oxygens (including phenoxy) is 2. The predicted molar refractivity (Wildman–Crippen MR) is 112 cm³/mol. The maximum Gasteiger partial charge on any atom is 0.266 e. The molecule has 7 nitrogen and oxygen atoms in total. The molecule has 0 spiro atoms. The Morgan fingerprint density at radius 1 is 1.14 bits per heavy atom. The van der Waals surface area contributed by atoms with Gasteiger partial charge in [-0.15, -0.1) is 0 Å². The Hall–Kier alpha value is -3.06. The normalized spacial score (nSPS) is 15.3. The highest BCUT2D eigenvalue weighted by Gasteiger charge is 2.29. The van der Waals surface area contributed by atoms with E-state index in [1.807, 2.05) is 24.3 Å². The second-order valence-corrected chi connectivity index (χ2v) is 6.74. The van der Waals surface area contributed by atoms with Gasteiger partial charge in [0.1, 0.15) is 18.1 Å². The first-order chi connectivity index (χ1) is 14.1. The molecule has 0 saturated carbocycles. The minimum atomic E-state index is -0.854. The molecule has 2 aromatic carbocycles. The highest BCUT2D eigenvalue weighted by molar-refractivity contribution is 6.01. The SMILES string of the molecule is CCN(CC)CCOc1ccc(NC(=O)CC2Oc3ccccc3NC2=O)cc1. The van der Waals surface area contributed by atoms with E-state index < -0.39 is 6.10 Å². The summed E-state index contributed by atoms with van der Waals surface area (Å²) in [6.45, 7) is 7.74. The molecule has 2 aromatic rings. The lowest BCUT2D eigenvalue weighted by molar-refractivity contribution is -0.128. The second kappa shape index (κ2) is 9.93. The molecule has 29 heavy (non-hydrogen) atoms. The number of fused-ring (bicyclic) bond motifs is 1. The molecule has 0 aromatic heterocycles. The number of carbonyl (C=O) groups excluding carboxylic acids is 2. The lowest BCUT2D eigenvalue weighted by atomic mass is 10.1. The molecule has 1 heterocycles. The van der Waals surface area contributed by atoms with Crippen LogP contribution in [0.15, 0.2) is 48.5 Å². The molecule has 2 N–H and O–H groups in total. The van der Waals surface area contributed by atoms with Crippen molar-refractivity contribution in [2.24, 2.45) is 0 Å². The van der Waals surface area contributed by atoms with E-state index in [1.165, 1.54) is 0 Å². The summed E-state index contributed by atoms with van der Waals surface area (Å²) in [7, 11) is 0. The third kappa shape index (κ3) is 5.71. The number of nitrogens with one attached hydrogen (secondary N) is 2. The van der Waals surface area contributed by atoms with Crippen molar-refractivity contribution in [1.29, 1.82) is 0 Å². The first-order valence-electron chi connectivity index (χ1n) is 9.90.